The second-order valence-corrected chi connectivity index (χ2v) is 6.21. The molecule has 0 saturated heterocycles. The van der Waals surface area contributed by atoms with Crippen molar-refractivity contribution in [3.8, 4) is 0 Å². The molecule has 3 atom stereocenters. The Balaban J connectivity index is 2.11. The molecule has 0 radical (unpaired) electrons. The third kappa shape index (κ3) is 2.25. The van der Waals surface area contributed by atoms with Crippen molar-refractivity contribution in [1.29, 1.82) is 0 Å². The summed E-state index contributed by atoms with van der Waals surface area (Å²) in [5, 5.41) is 0. The van der Waals surface area contributed by atoms with E-state index in [-0.39, 0.29) is 11.9 Å². The van der Waals surface area contributed by atoms with Crippen molar-refractivity contribution in [2.24, 2.45) is 17.3 Å². The van der Waals surface area contributed by atoms with Gasteiger partial charge < -0.3 is 4.74 Å². The van der Waals surface area contributed by atoms with Crippen molar-refractivity contribution in [3.05, 3.63) is 24.3 Å². The van der Waals surface area contributed by atoms with E-state index < -0.39 is 0 Å². The van der Waals surface area contributed by atoms with E-state index in [2.05, 4.69) is 20.1 Å². The molecule has 0 aromatic carbocycles. The molecule has 2 saturated carbocycles. The van der Waals surface area contributed by atoms with E-state index in [0.717, 1.165) is 19.3 Å². The highest BCUT2D eigenvalue weighted by molar-refractivity contribution is 5.88. The third-order valence-corrected chi connectivity index (χ3v) is 5.10. The zero-order chi connectivity index (χ0) is 13.3. The minimum atomic E-state index is -0.245. The van der Waals surface area contributed by atoms with Crippen LogP contribution >= 0.6 is 0 Å². The molecule has 0 aromatic rings. The largest absolute Gasteiger partial charge is 0.466 e. The lowest BCUT2D eigenvalue weighted by Crippen LogP contribution is -2.39. The first kappa shape index (κ1) is 13.4. The molecule has 0 bridgehead atoms. The van der Waals surface area contributed by atoms with Crippen molar-refractivity contribution in [3.63, 3.8) is 0 Å². The summed E-state index contributed by atoms with van der Waals surface area (Å²) in [6.45, 7) is 10.6. The lowest BCUT2D eigenvalue weighted by atomic mass is 9.56. The standard InChI is InChI=1S/C16H24O2/c1-11-6-5-8-16(3)9-7-13(10-14(11)16)12(2)15(17)18-4/h13-14H,1-2,5-10H2,3-4H3/t13-,14+,16-/m1/s1. The first-order chi connectivity index (χ1) is 8.48. The van der Waals surface area contributed by atoms with Crippen LogP contribution in [-0.4, -0.2) is 13.1 Å². The highest BCUT2D eigenvalue weighted by atomic mass is 16.5. The van der Waals surface area contributed by atoms with Gasteiger partial charge in [0.1, 0.15) is 0 Å². The Hall–Kier alpha value is -1.05. The van der Waals surface area contributed by atoms with Crippen LogP contribution in [0.1, 0.15) is 45.4 Å². The van der Waals surface area contributed by atoms with Crippen molar-refractivity contribution in [1.82, 2.24) is 0 Å². The van der Waals surface area contributed by atoms with Crippen molar-refractivity contribution in [2.75, 3.05) is 7.11 Å². The lowest BCUT2D eigenvalue weighted by Gasteiger charge is -2.48. The number of hydrogen-bond acceptors (Lipinski definition) is 2. The molecule has 2 heteroatoms. The lowest BCUT2D eigenvalue weighted by molar-refractivity contribution is -0.137. The summed E-state index contributed by atoms with van der Waals surface area (Å²) < 4.78 is 4.79. The minimum Gasteiger partial charge on any atom is -0.466 e. The summed E-state index contributed by atoms with van der Waals surface area (Å²) in [4.78, 5) is 11.6. The van der Waals surface area contributed by atoms with E-state index in [1.54, 1.807) is 0 Å². The summed E-state index contributed by atoms with van der Waals surface area (Å²) in [5.41, 5.74) is 2.44. The SMILES string of the molecule is C=C(C(=O)OC)[C@@H]1CC[C@@]2(C)CCCC(=C)[C@@H]2C1. The van der Waals surface area contributed by atoms with Crippen LogP contribution in [0.3, 0.4) is 0 Å². The zero-order valence-electron chi connectivity index (χ0n) is 11.6. The summed E-state index contributed by atoms with van der Waals surface area (Å²) in [5.74, 6) is 0.599. The molecule has 18 heavy (non-hydrogen) atoms. The number of carbonyl (C=O) groups excluding carboxylic acids is 1. The van der Waals surface area contributed by atoms with Crippen LogP contribution in [0.15, 0.2) is 24.3 Å². The highest BCUT2D eigenvalue weighted by Gasteiger charge is 2.44. The van der Waals surface area contributed by atoms with Gasteiger partial charge in [0.25, 0.3) is 0 Å². The molecule has 100 valence electrons. The van der Waals surface area contributed by atoms with E-state index in [0.29, 0.717) is 16.9 Å². The Morgan fingerprint density at radius 1 is 1.44 bits per heavy atom. The smallest absolute Gasteiger partial charge is 0.333 e. The summed E-state index contributed by atoms with van der Waals surface area (Å²) in [6, 6.07) is 0. The zero-order valence-corrected chi connectivity index (χ0v) is 11.6. The van der Waals surface area contributed by atoms with E-state index >= 15 is 0 Å². The van der Waals surface area contributed by atoms with Gasteiger partial charge in [0, 0.05) is 5.57 Å². The van der Waals surface area contributed by atoms with Crippen molar-refractivity contribution >= 4 is 5.97 Å². The number of fused-ring (bicyclic) bond motifs is 1. The van der Waals surface area contributed by atoms with Gasteiger partial charge in [-0.3, -0.25) is 0 Å². The fourth-order valence-corrected chi connectivity index (χ4v) is 3.83. The van der Waals surface area contributed by atoms with Crippen LogP contribution in [0.2, 0.25) is 0 Å². The topological polar surface area (TPSA) is 26.3 Å². The van der Waals surface area contributed by atoms with Crippen molar-refractivity contribution in [2.45, 2.75) is 45.4 Å². The molecular weight excluding hydrogens is 224 g/mol. The fourth-order valence-electron chi connectivity index (χ4n) is 3.83. The van der Waals surface area contributed by atoms with E-state index in [1.807, 2.05) is 0 Å². The predicted octanol–water partition coefficient (Wildman–Crippen LogP) is 3.88. The van der Waals surface area contributed by atoms with Gasteiger partial charge in [0.2, 0.25) is 0 Å². The molecule has 2 fully saturated rings. The van der Waals surface area contributed by atoms with Crippen LogP contribution in [0.5, 0.6) is 0 Å². The monoisotopic (exact) mass is 248 g/mol. The molecule has 0 aromatic heterocycles. The molecule has 0 amide bonds. The van der Waals surface area contributed by atoms with Crippen molar-refractivity contribution < 1.29 is 9.53 Å². The van der Waals surface area contributed by atoms with E-state index in [4.69, 9.17) is 4.74 Å². The Morgan fingerprint density at radius 3 is 2.83 bits per heavy atom. The van der Waals surface area contributed by atoms with Gasteiger partial charge in [0.05, 0.1) is 7.11 Å². The normalized spacial score (nSPS) is 35.8. The molecule has 0 unspecified atom stereocenters. The summed E-state index contributed by atoms with van der Waals surface area (Å²) >= 11 is 0. The average molecular weight is 248 g/mol. The van der Waals surface area contributed by atoms with Crippen LogP contribution in [0.25, 0.3) is 0 Å². The third-order valence-electron chi connectivity index (χ3n) is 5.10. The number of ether oxygens (including phenoxy) is 1. The molecule has 0 heterocycles. The molecule has 2 aliphatic rings. The molecule has 0 N–H and O–H groups in total. The quantitative estimate of drug-likeness (QED) is 0.421. The maximum atomic E-state index is 11.6. The molecule has 0 aliphatic heterocycles. The van der Waals surface area contributed by atoms with Gasteiger partial charge in [-0.1, -0.05) is 25.7 Å². The van der Waals surface area contributed by atoms with Gasteiger partial charge in [-0.05, 0) is 55.8 Å². The van der Waals surface area contributed by atoms with Gasteiger partial charge in [0.15, 0.2) is 0 Å². The Bertz CT molecular complexity index is 383. The van der Waals surface area contributed by atoms with Crippen LogP contribution in [0.4, 0.5) is 0 Å². The molecule has 2 rings (SSSR count). The predicted molar refractivity (Wildman–Crippen MR) is 73.1 cm³/mol. The summed E-state index contributed by atoms with van der Waals surface area (Å²) in [6.07, 6.45) is 7.00. The first-order valence-corrected chi connectivity index (χ1v) is 6.93. The molecule has 0 spiro atoms. The Labute approximate surface area is 110 Å². The summed E-state index contributed by atoms with van der Waals surface area (Å²) in [7, 11) is 1.43. The number of allylic oxidation sites excluding steroid dienone is 1. The number of rotatable bonds is 2. The number of carbonyl (C=O) groups is 1. The Morgan fingerprint density at radius 2 is 2.17 bits per heavy atom. The molecule has 2 aliphatic carbocycles. The second-order valence-electron chi connectivity index (χ2n) is 6.21. The van der Waals surface area contributed by atoms with Crippen LogP contribution in [0, 0.1) is 17.3 Å². The molecule has 2 nitrogen and oxygen atoms in total. The Kier molecular flexibility index (Phi) is 3.65. The highest BCUT2D eigenvalue weighted by Crippen LogP contribution is 2.54. The van der Waals surface area contributed by atoms with Gasteiger partial charge >= 0.3 is 5.97 Å². The number of esters is 1. The maximum Gasteiger partial charge on any atom is 0.333 e. The number of hydrogen-bond donors (Lipinski definition) is 0. The van der Waals surface area contributed by atoms with Gasteiger partial charge in [-0.15, -0.1) is 0 Å². The van der Waals surface area contributed by atoms with Crippen LogP contribution < -0.4 is 0 Å². The minimum absolute atomic E-state index is 0.245. The number of methoxy groups -OCH3 is 1. The van der Waals surface area contributed by atoms with E-state index in [1.165, 1.54) is 31.9 Å². The first-order valence-electron chi connectivity index (χ1n) is 6.93. The second kappa shape index (κ2) is 4.91. The van der Waals surface area contributed by atoms with E-state index in [9.17, 15) is 4.79 Å². The molecular formula is C16H24O2. The average Bonchev–Trinajstić information content (AvgIpc) is 2.36. The van der Waals surface area contributed by atoms with Gasteiger partial charge in [-0.2, -0.15) is 0 Å². The van der Waals surface area contributed by atoms with Gasteiger partial charge in [-0.25, -0.2) is 4.79 Å². The maximum absolute atomic E-state index is 11.6. The fraction of sp³-hybridized carbons (Fsp3) is 0.688. The van der Waals surface area contributed by atoms with Crippen LogP contribution in [-0.2, 0) is 9.53 Å².